The van der Waals surface area contributed by atoms with Crippen LogP contribution in [0.2, 0.25) is 5.02 Å². The maximum Gasteiger partial charge on any atom is 0.313 e. The molecule has 1 rings (SSSR count). The predicted octanol–water partition coefficient (Wildman–Crippen LogP) is 2.48. The van der Waals surface area contributed by atoms with Crippen molar-refractivity contribution in [2.24, 2.45) is 0 Å². The maximum absolute atomic E-state index is 10.7. The number of rotatable bonds is 2. The monoisotopic (exact) mass is 229 g/mol. The number of nitrogens with zero attached hydrogens (tertiary/aromatic N) is 1. The first-order valence-electron chi connectivity index (χ1n) is 4.04. The Hall–Kier alpha value is -1.62. The molecule has 0 unspecified atom stereocenters. The fourth-order valence-corrected chi connectivity index (χ4v) is 1.39. The highest BCUT2D eigenvalue weighted by Crippen LogP contribution is 2.33. The van der Waals surface area contributed by atoms with Crippen LogP contribution in [-0.4, -0.2) is 10.9 Å². The summed E-state index contributed by atoms with van der Waals surface area (Å²) in [5.74, 6) is -0.666. The van der Waals surface area contributed by atoms with E-state index in [0.29, 0.717) is 5.56 Å². The van der Waals surface area contributed by atoms with Crippen molar-refractivity contribution in [3.05, 3.63) is 32.8 Å². The van der Waals surface area contributed by atoms with Gasteiger partial charge in [-0.25, -0.2) is 0 Å². The zero-order valence-electron chi connectivity index (χ0n) is 8.11. The molecule has 5 nitrogen and oxygen atoms in total. The average Bonchev–Trinajstić information content (AvgIpc) is 2.08. The van der Waals surface area contributed by atoms with Crippen molar-refractivity contribution in [2.75, 3.05) is 0 Å². The SMILES string of the molecule is CC(=O)Oc1c(C)cc(Cl)cc1[N+](=O)[O-]. The van der Waals surface area contributed by atoms with Crippen molar-refractivity contribution in [2.45, 2.75) is 13.8 Å². The Labute approximate surface area is 90.8 Å². The minimum absolute atomic E-state index is 0.0584. The van der Waals surface area contributed by atoms with Gasteiger partial charge in [0.15, 0.2) is 0 Å². The minimum atomic E-state index is -0.642. The smallest absolute Gasteiger partial charge is 0.313 e. The van der Waals surface area contributed by atoms with Crippen LogP contribution < -0.4 is 4.74 Å². The lowest BCUT2D eigenvalue weighted by Crippen LogP contribution is -2.05. The predicted molar refractivity (Wildman–Crippen MR) is 54.2 cm³/mol. The number of benzene rings is 1. The van der Waals surface area contributed by atoms with E-state index in [2.05, 4.69) is 0 Å². The van der Waals surface area contributed by atoms with Crippen LogP contribution in [-0.2, 0) is 4.79 Å². The molecule has 0 atom stereocenters. The van der Waals surface area contributed by atoms with Crippen LogP contribution in [0.1, 0.15) is 12.5 Å². The summed E-state index contributed by atoms with van der Waals surface area (Å²) in [6, 6.07) is 2.64. The van der Waals surface area contributed by atoms with Crippen molar-refractivity contribution >= 4 is 23.3 Å². The number of halogens is 1. The molecule has 0 N–H and O–H groups in total. The van der Waals surface area contributed by atoms with Crippen LogP contribution in [0, 0.1) is 17.0 Å². The molecule has 80 valence electrons. The molecule has 0 aliphatic carbocycles. The van der Waals surface area contributed by atoms with Gasteiger partial charge in [0, 0.05) is 23.6 Å². The highest BCUT2D eigenvalue weighted by Gasteiger charge is 2.20. The molecular formula is C9H8ClNO4. The molecule has 0 aliphatic rings. The molecule has 0 saturated heterocycles. The highest BCUT2D eigenvalue weighted by molar-refractivity contribution is 6.31. The van der Waals surface area contributed by atoms with E-state index in [9.17, 15) is 14.9 Å². The first-order valence-corrected chi connectivity index (χ1v) is 4.42. The number of aryl methyl sites for hydroxylation is 1. The third kappa shape index (κ3) is 2.66. The van der Waals surface area contributed by atoms with Gasteiger partial charge < -0.3 is 4.74 Å². The molecule has 0 aliphatic heterocycles. The molecular weight excluding hydrogens is 222 g/mol. The molecule has 0 saturated carbocycles. The molecule has 0 radical (unpaired) electrons. The largest absolute Gasteiger partial charge is 0.419 e. The first kappa shape index (κ1) is 11.5. The second-order valence-electron chi connectivity index (χ2n) is 2.92. The number of nitro groups is 1. The molecule has 0 amide bonds. The van der Waals surface area contributed by atoms with Gasteiger partial charge in [0.25, 0.3) is 0 Å². The lowest BCUT2D eigenvalue weighted by atomic mass is 10.2. The van der Waals surface area contributed by atoms with E-state index in [4.69, 9.17) is 16.3 Å². The summed E-state index contributed by atoms with van der Waals surface area (Å²) in [5, 5.41) is 10.9. The summed E-state index contributed by atoms with van der Waals surface area (Å²) in [6.07, 6.45) is 0. The molecule has 0 fully saturated rings. The van der Waals surface area contributed by atoms with Crippen LogP contribution in [0.15, 0.2) is 12.1 Å². The van der Waals surface area contributed by atoms with E-state index < -0.39 is 10.9 Å². The normalized spacial score (nSPS) is 9.80. The number of ether oxygens (including phenoxy) is 1. The fraction of sp³-hybridized carbons (Fsp3) is 0.222. The summed E-state index contributed by atoms with van der Waals surface area (Å²) < 4.78 is 4.75. The minimum Gasteiger partial charge on any atom is -0.419 e. The number of nitro benzene ring substituents is 1. The zero-order chi connectivity index (χ0) is 11.6. The van der Waals surface area contributed by atoms with E-state index in [0.717, 1.165) is 6.07 Å². The van der Waals surface area contributed by atoms with E-state index in [1.807, 2.05) is 0 Å². The van der Waals surface area contributed by atoms with Crippen LogP contribution >= 0.6 is 11.6 Å². The van der Waals surface area contributed by atoms with Gasteiger partial charge in [-0.3, -0.25) is 14.9 Å². The Kier molecular flexibility index (Phi) is 3.26. The molecule has 6 heteroatoms. The second kappa shape index (κ2) is 4.27. The lowest BCUT2D eigenvalue weighted by Gasteiger charge is -2.06. The van der Waals surface area contributed by atoms with Crippen molar-refractivity contribution in [3.63, 3.8) is 0 Å². The number of carbonyl (C=O) groups excluding carboxylic acids is 1. The van der Waals surface area contributed by atoms with Crippen molar-refractivity contribution in [1.29, 1.82) is 0 Å². The van der Waals surface area contributed by atoms with Crippen LogP contribution in [0.25, 0.3) is 0 Å². The molecule has 15 heavy (non-hydrogen) atoms. The second-order valence-corrected chi connectivity index (χ2v) is 3.36. The molecule has 1 aromatic rings. The molecule has 0 spiro atoms. The fourth-order valence-electron chi connectivity index (χ4n) is 1.12. The molecule has 0 heterocycles. The van der Waals surface area contributed by atoms with E-state index in [1.165, 1.54) is 13.0 Å². The zero-order valence-corrected chi connectivity index (χ0v) is 8.87. The van der Waals surface area contributed by atoms with Crippen molar-refractivity contribution < 1.29 is 14.5 Å². The number of hydrogen-bond acceptors (Lipinski definition) is 4. The topological polar surface area (TPSA) is 69.4 Å². The summed E-state index contributed by atoms with van der Waals surface area (Å²) in [4.78, 5) is 20.8. The maximum atomic E-state index is 10.7. The number of esters is 1. The van der Waals surface area contributed by atoms with Gasteiger partial charge in [0.05, 0.1) is 4.92 Å². The van der Waals surface area contributed by atoms with Gasteiger partial charge in [-0.05, 0) is 13.0 Å². The average molecular weight is 230 g/mol. The first-order chi connectivity index (χ1) is 6.91. The van der Waals surface area contributed by atoms with E-state index in [-0.39, 0.29) is 16.5 Å². The van der Waals surface area contributed by atoms with E-state index >= 15 is 0 Å². The van der Waals surface area contributed by atoms with Gasteiger partial charge in [-0.15, -0.1) is 0 Å². The highest BCUT2D eigenvalue weighted by atomic mass is 35.5. The standard InChI is InChI=1S/C9H8ClNO4/c1-5-3-7(10)4-8(11(13)14)9(5)15-6(2)12/h3-4H,1-2H3. The summed E-state index contributed by atoms with van der Waals surface area (Å²) in [5.41, 5.74) is 0.139. The third-order valence-corrected chi connectivity index (χ3v) is 1.88. The van der Waals surface area contributed by atoms with Crippen LogP contribution in [0.5, 0.6) is 5.75 Å². The Morgan fingerprint density at radius 3 is 2.60 bits per heavy atom. The Morgan fingerprint density at radius 1 is 1.53 bits per heavy atom. The number of carbonyl (C=O) groups is 1. The van der Waals surface area contributed by atoms with Gasteiger partial charge in [-0.2, -0.15) is 0 Å². The quantitative estimate of drug-likeness (QED) is 0.338. The molecule has 0 aromatic heterocycles. The third-order valence-electron chi connectivity index (χ3n) is 1.66. The van der Waals surface area contributed by atoms with Crippen molar-refractivity contribution in [3.8, 4) is 5.75 Å². The van der Waals surface area contributed by atoms with Crippen LogP contribution in [0.3, 0.4) is 0 Å². The Bertz CT molecular complexity index is 430. The molecule has 1 aromatic carbocycles. The van der Waals surface area contributed by atoms with Gasteiger partial charge >= 0.3 is 11.7 Å². The lowest BCUT2D eigenvalue weighted by molar-refractivity contribution is -0.385. The summed E-state index contributed by atoms with van der Waals surface area (Å²) in [7, 11) is 0. The summed E-state index contributed by atoms with van der Waals surface area (Å²) in [6.45, 7) is 2.76. The van der Waals surface area contributed by atoms with Gasteiger partial charge in [-0.1, -0.05) is 11.6 Å². The van der Waals surface area contributed by atoms with Gasteiger partial charge in [0.2, 0.25) is 5.75 Å². The van der Waals surface area contributed by atoms with E-state index in [1.54, 1.807) is 6.92 Å². The number of hydrogen-bond donors (Lipinski definition) is 0. The van der Waals surface area contributed by atoms with Crippen LogP contribution in [0.4, 0.5) is 5.69 Å². The molecule has 0 bridgehead atoms. The van der Waals surface area contributed by atoms with Crippen molar-refractivity contribution in [1.82, 2.24) is 0 Å². The van der Waals surface area contributed by atoms with Gasteiger partial charge in [0.1, 0.15) is 0 Å². The Morgan fingerprint density at radius 2 is 2.13 bits per heavy atom. The Balaban J connectivity index is 3.33. The summed E-state index contributed by atoms with van der Waals surface area (Å²) >= 11 is 5.66.